The SMILES string of the molecule is COC1=CC(=O)c2c(OC)ccc(O)c2C1=O. The van der Waals surface area contributed by atoms with Gasteiger partial charge in [-0.05, 0) is 12.1 Å². The lowest BCUT2D eigenvalue weighted by atomic mass is 9.92. The van der Waals surface area contributed by atoms with E-state index in [1.54, 1.807) is 0 Å². The van der Waals surface area contributed by atoms with E-state index in [0.29, 0.717) is 0 Å². The van der Waals surface area contributed by atoms with E-state index in [-0.39, 0.29) is 28.4 Å². The van der Waals surface area contributed by atoms with Gasteiger partial charge in [-0.15, -0.1) is 0 Å². The number of hydrogen-bond donors (Lipinski definition) is 1. The second-order valence-electron chi connectivity index (χ2n) is 3.44. The van der Waals surface area contributed by atoms with E-state index in [0.717, 1.165) is 6.08 Å². The average molecular weight is 234 g/mol. The number of Topliss-reactive ketones (excluding diaryl/α,β-unsaturated/α-hetero) is 1. The minimum atomic E-state index is -0.529. The number of benzene rings is 1. The van der Waals surface area contributed by atoms with E-state index in [1.165, 1.54) is 26.4 Å². The Morgan fingerprint density at radius 2 is 1.76 bits per heavy atom. The first-order chi connectivity index (χ1) is 8.10. The van der Waals surface area contributed by atoms with Crippen molar-refractivity contribution in [3.63, 3.8) is 0 Å². The van der Waals surface area contributed by atoms with Crippen LogP contribution in [0.4, 0.5) is 0 Å². The summed E-state index contributed by atoms with van der Waals surface area (Å²) in [5, 5.41) is 9.67. The molecule has 0 heterocycles. The van der Waals surface area contributed by atoms with E-state index in [9.17, 15) is 14.7 Å². The molecule has 17 heavy (non-hydrogen) atoms. The Kier molecular flexibility index (Phi) is 2.59. The van der Waals surface area contributed by atoms with Crippen molar-refractivity contribution in [2.24, 2.45) is 0 Å². The third kappa shape index (κ3) is 1.56. The van der Waals surface area contributed by atoms with Gasteiger partial charge in [0.05, 0.1) is 25.3 Å². The summed E-state index contributed by atoms with van der Waals surface area (Å²) >= 11 is 0. The number of ketones is 2. The number of fused-ring (bicyclic) bond motifs is 1. The van der Waals surface area contributed by atoms with Crippen molar-refractivity contribution in [3.8, 4) is 11.5 Å². The molecule has 0 aromatic heterocycles. The van der Waals surface area contributed by atoms with Gasteiger partial charge in [-0.25, -0.2) is 0 Å². The number of hydrogen-bond acceptors (Lipinski definition) is 5. The summed E-state index contributed by atoms with van der Waals surface area (Å²) in [4.78, 5) is 23.8. The Morgan fingerprint density at radius 3 is 2.35 bits per heavy atom. The lowest BCUT2D eigenvalue weighted by Gasteiger charge is -2.17. The molecule has 1 aliphatic rings. The number of phenols is 1. The van der Waals surface area contributed by atoms with Crippen molar-refractivity contribution in [2.45, 2.75) is 0 Å². The first kappa shape index (κ1) is 11.2. The third-order valence-electron chi connectivity index (χ3n) is 2.54. The van der Waals surface area contributed by atoms with Gasteiger partial charge in [-0.3, -0.25) is 9.59 Å². The molecular formula is C12H10O5. The monoisotopic (exact) mass is 234 g/mol. The number of aromatic hydroxyl groups is 1. The van der Waals surface area contributed by atoms with E-state index < -0.39 is 11.6 Å². The summed E-state index contributed by atoms with van der Waals surface area (Å²) in [6.07, 6.45) is 1.09. The van der Waals surface area contributed by atoms with E-state index >= 15 is 0 Å². The fourth-order valence-corrected chi connectivity index (χ4v) is 1.75. The van der Waals surface area contributed by atoms with Gasteiger partial charge < -0.3 is 14.6 Å². The van der Waals surface area contributed by atoms with Crippen LogP contribution in [0.2, 0.25) is 0 Å². The molecule has 0 saturated heterocycles. The van der Waals surface area contributed by atoms with Crippen molar-refractivity contribution in [1.29, 1.82) is 0 Å². The maximum Gasteiger partial charge on any atom is 0.232 e. The lowest BCUT2D eigenvalue weighted by molar-refractivity contribution is 0.0912. The molecule has 5 heteroatoms. The van der Waals surface area contributed by atoms with Crippen LogP contribution >= 0.6 is 0 Å². The topological polar surface area (TPSA) is 72.8 Å². The van der Waals surface area contributed by atoms with Crippen LogP contribution in [-0.4, -0.2) is 30.9 Å². The van der Waals surface area contributed by atoms with Gasteiger partial charge in [0.15, 0.2) is 11.5 Å². The summed E-state index contributed by atoms with van der Waals surface area (Å²) in [5.74, 6) is -1.06. The highest BCUT2D eigenvalue weighted by Gasteiger charge is 2.32. The first-order valence-corrected chi connectivity index (χ1v) is 4.84. The molecule has 0 spiro atoms. The highest BCUT2D eigenvalue weighted by Crippen LogP contribution is 2.35. The maximum absolute atomic E-state index is 11.9. The van der Waals surface area contributed by atoms with Crippen LogP contribution in [0.1, 0.15) is 20.7 Å². The molecular weight excluding hydrogens is 224 g/mol. The largest absolute Gasteiger partial charge is 0.507 e. The quantitative estimate of drug-likeness (QED) is 0.835. The number of methoxy groups -OCH3 is 2. The zero-order valence-corrected chi connectivity index (χ0v) is 9.31. The molecule has 0 amide bonds. The Labute approximate surface area is 97.3 Å². The van der Waals surface area contributed by atoms with Crippen molar-refractivity contribution >= 4 is 11.6 Å². The Morgan fingerprint density at radius 1 is 1.06 bits per heavy atom. The Balaban J connectivity index is 2.73. The van der Waals surface area contributed by atoms with Crippen molar-refractivity contribution in [2.75, 3.05) is 14.2 Å². The van der Waals surface area contributed by atoms with Crippen LogP contribution in [-0.2, 0) is 4.74 Å². The molecule has 1 aromatic carbocycles. The molecule has 1 N–H and O–H groups in total. The first-order valence-electron chi connectivity index (χ1n) is 4.84. The van der Waals surface area contributed by atoms with E-state index in [2.05, 4.69) is 0 Å². The minimum absolute atomic E-state index is 0.0679. The number of phenolic OH excluding ortho intramolecular Hbond substituents is 1. The number of allylic oxidation sites excluding steroid dienone is 2. The smallest absolute Gasteiger partial charge is 0.232 e. The molecule has 88 valence electrons. The summed E-state index contributed by atoms with van der Waals surface area (Å²) in [7, 11) is 2.68. The Bertz CT molecular complexity index is 542. The summed E-state index contributed by atoms with van der Waals surface area (Å²) < 4.78 is 9.80. The van der Waals surface area contributed by atoms with Crippen LogP contribution < -0.4 is 4.74 Å². The van der Waals surface area contributed by atoms with Crippen molar-refractivity contribution < 1.29 is 24.2 Å². The van der Waals surface area contributed by atoms with Gasteiger partial charge in [-0.1, -0.05) is 0 Å². The fraction of sp³-hybridized carbons (Fsp3) is 0.167. The minimum Gasteiger partial charge on any atom is -0.507 e. The maximum atomic E-state index is 11.9. The molecule has 1 aromatic rings. The summed E-state index contributed by atoms with van der Waals surface area (Å²) in [5.41, 5.74) is -0.00741. The van der Waals surface area contributed by atoms with Crippen LogP contribution in [0, 0.1) is 0 Å². The molecule has 0 saturated carbocycles. The molecule has 0 aliphatic heterocycles. The fourth-order valence-electron chi connectivity index (χ4n) is 1.75. The highest BCUT2D eigenvalue weighted by molar-refractivity contribution is 6.25. The zero-order chi connectivity index (χ0) is 12.6. The molecule has 0 radical (unpaired) electrons. The number of ether oxygens (including phenoxy) is 2. The molecule has 0 unspecified atom stereocenters. The second-order valence-corrected chi connectivity index (χ2v) is 3.44. The van der Waals surface area contributed by atoms with Crippen molar-refractivity contribution in [3.05, 3.63) is 35.1 Å². The zero-order valence-electron chi connectivity index (χ0n) is 9.31. The third-order valence-corrected chi connectivity index (χ3v) is 2.54. The van der Waals surface area contributed by atoms with Gasteiger partial charge in [0, 0.05) is 6.08 Å². The van der Waals surface area contributed by atoms with Crippen LogP contribution in [0.5, 0.6) is 11.5 Å². The summed E-state index contributed by atoms with van der Waals surface area (Å²) in [6, 6.07) is 2.74. The standard InChI is InChI=1S/C12H10O5/c1-16-8-4-3-6(13)11-10(8)7(14)5-9(17-2)12(11)15/h3-5,13H,1-2H3. The number of carbonyl (C=O) groups is 2. The number of rotatable bonds is 2. The number of carbonyl (C=O) groups excluding carboxylic acids is 2. The predicted molar refractivity (Wildman–Crippen MR) is 58.4 cm³/mol. The van der Waals surface area contributed by atoms with Gasteiger partial charge in [0.25, 0.3) is 0 Å². The molecule has 0 atom stereocenters. The van der Waals surface area contributed by atoms with E-state index in [4.69, 9.17) is 9.47 Å². The summed E-state index contributed by atoms with van der Waals surface area (Å²) in [6.45, 7) is 0. The van der Waals surface area contributed by atoms with Gasteiger partial charge >= 0.3 is 0 Å². The highest BCUT2D eigenvalue weighted by atomic mass is 16.5. The van der Waals surface area contributed by atoms with Crippen LogP contribution in [0.3, 0.4) is 0 Å². The van der Waals surface area contributed by atoms with Crippen molar-refractivity contribution in [1.82, 2.24) is 0 Å². The Hall–Kier alpha value is -2.30. The molecule has 2 rings (SSSR count). The van der Waals surface area contributed by atoms with Crippen LogP contribution in [0.25, 0.3) is 0 Å². The normalized spacial score (nSPS) is 14.1. The van der Waals surface area contributed by atoms with Gasteiger partial charge in [-0.2, -0.15) is 0 Å². The molecule has 1 aliphatic carbocycles. The van der Waals surface area contributed by atoms with Gasteiger partial charge in [0.2, 0.25) is 5.78 Å². The predicted octanol–water partition coefficient (Wildman–Crippen LogP) is 1.31. The molecule has 5 nitrogen and oxygen atoms in total. The van der Waals surface area contributed by atoms with E-state index in [1.807, 2.05) is 0 Å². The van der Waals surface area contributed by atoms with Gasteiger partial charge in [0.1, 0.15) is 11.5 Å². The second kappa shape index (κ2) is 3.93. The van der Waals surface area contributed by atoms with Crippen LogP contribution in [0.15, 0.2) is 24.0 Å². The lowest BCUT2D eigenvalue weighted by Crippen LogP contribution is -2.19. The average Bonchev–Trinajstić information content (AvgIpc) is 2.33. The molecule has 0 bridgehead atoms. The molecule has 0 fully saturated rings.